The Kier molecular flexibility index (Phi) is 1.97. The molecule has 1 amide bonds. The van der Waals surface area contributed by atoms with Crippen molar-refractivity contribution in [3.8, 4) is 0 Å². The number of hydrogen-bond acceptors (Lipinski definition) is 2. The van der Waals surface area contributed by atoms with Gasteiger partial charge in [0, 0.05) is 18.1 Å². The van der Waals surface area contributed by atoms with Crippen molar-refractivity contribution in [3.63, 3.8) is 0 Å². The molecule has 1 fully saturated rings. The number of benzene rings is 1. The van der Waals surface area contributed by atoms with E-state index in [4.69, 9.17) is 11.6 Å². The van der Waals surface area contributed by atoms with Crippen molar-refractivity contribution in [1.82, 2.24) is 9.78 Å². The molecule has 1 saturated carbocycles. The van der Waals surface area contributed by atoms with Crippen LogP contribution in [0.15, 0.2) is 30.5 Å². The van der Waals surface area contributed by atoms with Gasteiger partial charge in [0.05, 0.1) is 17.3 Å². The van der Waals surface area contributed by atoms with Crippen molar-refractivity contribution in [2.75, 3.05) is 4.90 Å². The molecule has 2 aromatic rings. The normalized spacial score (nSPS) is 19.1. The molecule has 2 heterocycles. The van der Waals surface area contributed by atoms with Crippen LogP contribution in [0.2, 0.25) is 5.02 Å². The molecule has 0 bridgehead atoms. The highest BCUT2D eigenvalue weighted by Gasteiger charge is 2.59. The van der Waals surface area contributed by atoms with Crippen LogP contribution in [0.5, 0.6) is 0 Å². The van der Waals surface area contributed by atoms with Gasteiger partial charge in [-0.05, 0) is 36.6 Å². The first-order chi connectivity index (χ1) is 9.13. The third kappa shape index (κ3) is 1.29. The second-order valence-corrected chi connectivity index (χ2v) is 5.63. The summed E-state index contributed by atoms with van der Waals surface area (Å²) in [4.78, 5) is 14.5. The topological polar surface area (TPSA) is 38.1 Å². The number of aromatic nitrogens is 2. The maximum absolute atomic E-state index is 12.8. The van der Waals surface area contributed by atoms with E-state index in [1.807, 2.05) is 31.3 Å². The van der Waals surface area contributed by atoms with E-state index in [0.29, 0.717) is 5.02 Å². The number of rotatable bonds is 1. The summed E-state index contributed by atoms with van der Waals surface area (Å²) in [5.74, 6) is 0.950. The van der Waals surface area contributed by atoms with Crippen LogP contribution >= 0.6 is 11.6 Å². The van der Waals surface area contributed by atoms with Crippen LogP contribution in [0, 0.1) is 0 Å². The van der Waals surface area contributed by atoms with E-state index in [9.17, 15) is 4.79 Å². The van der Waals surface area contributed by atoms with E-state index >= 15 is 0 Å². The van der Waals surface area contributed by atoms with Crippen LogP contribution in [-0.4, -0.2) is 15.7 Å². The summed E-state index contributed by atoms with van der Waals surface area (Å²) in [6.45, 7) is 0. The Morgan fingerprint density at radius 2 is 2.11 bits per heavy atom. The molecular formula is C14H12ClN3O. The number of hydrogen-bond donors (Lipinski definition) is 0. The first-order valence-electron chi connectivity index (χ1n) is 6.26. The van der Waals surface area contributed by atoms with Crippen molar-refractivity contribution in [1.29, 1.82) is 0 Å². The van der Waals surface area contributed by atoms with Gasteiger partial charge in [0.15, 0.2) is 0 Å². The number of fused-ring (bicyclic) bond motifs is 2. The van der Waals surface area contributed by atoms with Crippen molar-refractivity contribution in [2.24, 2.45) is 7.05 Å². The van der Waals surface area contributed by atoms with Gasteiger partial charge >= 0.3 is 0 Å². The minimum Gasteiger partial charge on any atom is -0.273 e. The molecule has 0 saturated heterocycles. The molecule has 96 valence electrons. The third-order valence-electron chi connectivity index (χ3n) is 4.10. The molecule has 1 aromatic carbocycles. The highest BCUT2D eigenvalue weighted by Crippen LogP contribution is 2.59. The fourth-order valence-corrected chi connectivity index (χ4v) is 3.12. The largest absolute Gasteiger partial charge is 0.273 e. The zero-order valence-electron chi connectivity index (χ0n) is 10.4. The first-order valence-corrected chi connectivity index (χ1v) is 6.64. The van der Waals surface area contributed by atoms with Crippen molar-refractivity contribution >= 4 is 29.0 Å². The number of carbonyl (C=O) groups is 1. The minimum absolute atomic E-state index is 0.147. The Balaban J connectivity index is 1.96. The Morgan fingerprint density at radius 1 is 1.32 bits per heavy atom. The molecule has 19 heavy (non-hydrogen) atoms. The predicted octanol–water partition coefficient (Wildman–Crippen LogP) is 2.78. The SMILES string of the molecule is Cn1nccc1N1C(=O)C2(CC2)c2cc(Cl)ccc21. The van der Waals surface area contributed by atoms with Gasteiger partial charge in [-0.1, -0.05) is 11.6 Å². The zero-order chi connectivity index (χ0) is 13.2. The lowest BCUT2D eigenvalue weighted by atomic mass is 9.98. The quantitative estimate of drug-likeness (QED) is 0.801. The number of anilines is 2. The Hall–Kier alpha value is -1.81. The van der Waals surface area contributed by atoms with Gasteiger partial charge in [-0.15, -0.1) is 0 Å². The van der Waals surface area contributed by atoms with Crippen molar-refractivity contribution in [2.45, 2.75) is 18.3 Å². The van der Waals surface area contributed by atoms with Crippen LogP contribution in [0.1, 0.15) is 18.4 Å². The molecule has 4 rings (SSSR count). The summed E-state index contributed by atoms with van der Waals surface area (Å²) < 4.78 is 1.72. The Labute approximate surface area is 115 Å². The maximum atomic E-state index is 12.8. The number of aryl methyl sites for hydroxylation is 1. The highest BCUT2D eigenvalue weighted by molar-refractivity contribution is 6.31. The number of nitrogens with zero attached hydrogens (tertiary/aromatic N) is 3. The molecule has 0 radical (unpaired) electrons. The lowest BCUT2D eigenvalue weighted by Crippen LogP contribution is -2.29. The van der Waals surface area contributed by atoms with E-state index in [0.717, 1.165) is 29.9 Å². The molecule has 0 atom stereocenters. The van der Waals surface area contributed by atoms with Crippen molar-refractivity contribution < 1.29 is 4.79 Å². The van der Waals surface area contributed by atoms with E-state index in [1.165, 1.54) is 0 Å². The standard InChI is InChI=1S/C14H12ClN3O/c1-17-12(4-7-16-17)18-11-3-2-9(15)8-10(11)14(5-6-14)13(18)19/h2-4,7-8H,5-6H2,1H3. The summed E-state index contributed by atoms with van der Waals surface area (Å²) in [6, 6.07) is 7.55. The first kappa shape index (κ1) is 11.1. The summed E-state index contributed by atoms with van der Waals surface area (Å²) in [5, 5.41) is 4.84. The fraction of sp³-hybridized carbons (Fsp3) is 0.286. The number of carbonyl (C=O) groups excluding carboxylic acids is 1. The number of halogens is 1. The molecule has 1 aromatic heterocycles. The van der Waals surface area contributed by atoms with Gasteiger partial charge in [-0.2, -0.15) is 5.10 Å². The predicted molar refractivity (Wildman–Crippen MR) is 72.7 cm³/mol. The molecule has 5 heteroatoms. The summed E-state index contributed by atoms with van der Waals surface area (Å²) >= 11 is 6.08. The molecular weight excluding hydrogens is 262 g/mol. The average Bonchev–Trinajstić information content (AvgIpc) is 3.04. The van der Waals surface area contributed by atoms with Crippen molar-refractivity contribution in [3.05, 3.63) is 41.0 Å². The van der Waals surface area contributed by atoms with Gasteiger partial charge in [-0.25, -0.2) is 0 Å². The Morgan fingerprint density at radius 3 is 2.74 bits per heavy atom. The van der Waals surface area contributed by atoms with Gasteiger partial charge in [0.25, 0.3) is 0 Å². The van der Waals surface area contributed by atoms with Crippen LogP contribution in [0.4, 0.5) is 11.5 Å². The molecule has 4 nitrogen and oxygen atoms in total. The highest BCUT2D eigenvalue weighted by atomic mass is 35.5. The lowest BCUT2D eigenvalue weighted by molar-refractivity contribution is -0.119. The maximum Gasteiger partial charge on any atom is 0.243 e. The van der Waals surface area contributed by atoms with Crippen LogP contribution in [0.3, 0.4) is 0 Å². The Bertz CT molecular complexity index is 702. The second kappa shape index (κ2) is 3.39. The smallest absolute Gasteiger partial charge is 0.243 e. The van der Waals surface area contributed by atoms with E-state index in [2.05, 4.69) is 5.10 Å². The molecule has 1 spiro atoms. The lowest BCUT2D eigenvalue weighted by Gasteiger charge is -2.17. The summed E-state index contributed by atoms with van der Waals surface area (Å²) in [7, 11) is 1.84. The minimum atomic E-state index is -0.329. The van der Waals surface area contributed by atoms with Gasteiger partial charge in [0.2, 0.25) is 5.91 Å². The van der Waals surface area contributed by atoms with E-state index in [1.54, 1.807) is 15.8 Å². The monoisotopic (exact) mass is 273 g/mol. The molecule has 0 N–H and O–H groups in total. The average molecular weight is 274 g/mol. The van der Waals surface area contributed by atoms with Gasteiger partial charge in [-0.3, -0.25) is 14.4 Å². The molecule has 0 unspecified atom stereocenters. The van der Waals surface area contributed by atoms with Crippen LogP contribution in [0.25, 0.3) is 0 Å². The molecule has 1 aliphatic carbocycles. The number of amides is 1. The zero-order valence-corrected chi connectivity index (χ0v) is 11.2. The van der Waals surface area contributed by atoms with E-state index in [-0.39, 0.29) is 11.3 Å². The summed E-state index contributed by atoms with van der Waals surface area (Å²) in [6.07, 6.45) is 3.52. The van der Waals surface area contributed by atoms with Crippen LogP contribution < -0.4 is 4.90 Å². The fourth-order valence-electron chi connectivity index (χ4n) is 2.95. The van der Waals surface area contributed by atoms with E-state index < -0.39 is 0 Å². The molecule has 1 aliphatic heterocycles. The van der Waals surface area contributed by atoms with Gasteiger partial charge in [0.1, 0.15) is 5.82 Å². The molecule has 2 aliphatic rings. The summed E-state index contributed by atoms with van der Waals surface area (Å²) in [5.41, 5.74) is 1.67. The second-order valence-electron chi connectivity index (χ2n) is 5.20. The third-order valence-corrected chi connectivity index (χ3v) is 4.34. The van der Waals surface area contributed by atoms with Gasteiger partial charge < -0.3 is 0 Å². The van der Waals surface area contributed by atoms with Crippen LogP contribution in [-0.2, 0) is 17.3 Å².